The van der Waals surface area contributed by atoms with Crippen LogP contribution in [0.15, 0.2) is 48.8 Å². The molecule has 5 fully saturated rings. The summed E-state index contributed by atoms with van der Waals surface area (Å²) in [7, 11) is 2.70. The lowest BCUT2D eigenvalue weighted by molar-refractivity contribution is -0.136. The lowest BCUT2D eigenvalue weighted by Gasteiger charge is -2.34. The Morgan fingerprint density at radius 2 is 1.04 bits per heavy atom. The standard InChI is InChI=1S/C53H68N8O6/c1-66-51(64)58-45(35-13-5-3-6-14-35)49(62)60-27-11-17-43(60)47-54-31-41(56-47)34-21-19-33(20-22-34)37-23-24-38(40-30-53(29-39(37)40)25-9-10-26-53)42-32-55-48(57-42)44-18-12-28-61(44)50(63)46(59-52(65)67-2)36-15-7-4-8-16-36/h19-24,31-32,35-36,43-46H,3-18,25-30H2,1-2H3,(H,54,56)(H,55,57)(H,58,64)(H,59,65)/t43-,44+,45+,46+/m1/s1. The molecule has 10 rings (SSSR count). The maximum atomic E-state index is 14.3. The van der Waals surface area contributed by atoms with E-state index in [-0.39, 0.29) is 41.1 Å². The SMILES string of the molecule is COC(=O)N[C@H](C(=O)N1CCC[C@@H]1c1ncc(-c2ccc(-c3ccc(-c4cnc([C@@H]5CCCN5C(=O)[C@@H](NC(=O)OC)C5CCCCC5)[nH]4)c4c3CC3(CCCC3)C4)cc2)[nH]1)C1CCCCC1. The highest BCUT2D eigenvalue weighted by Gasteiger charge is 2.44. The van der Waals surface area contributed by atoms with Gasteiger partial charge in [-0.05, 0) is 122 Å². The summed E-state index contributed by atoms with van der Waals surface area (Å²) in [6.45, 7) is 1.27. The number of amides is 4. The topological polar surface area (TPSA) is 175 Å². The number of hydrogen-bond donors (Lipinski definition) is 4. The Labute approximate surface area is 394 Å². The molecule has 3 saturated carbocycles. The van der Waals surface area contributed by atoms with Gasteiger partial charge < -0.3 is 39.9 Å². The zero-order valence-corrected chi connectivity index (χ0v) is 39.4. The molecular formula is C53H68N8O6. The molecule has 0 bridgehead atoms. The van der Waals surface area contributed by atoms with E-state index in [1.54, 1.807) is 0 Å². The van der Waals surface area contributed by atoms with Crippen LogP contribution in [-0.4, -0.2) is 93.1 Å². The number of aromatic nitrogens is 4. The summed E-state index contributed by atoms with van der Waals surface area (Å²) in [4.78, 5) is 74.3. The van der Waals surface area contributed by atoms with E-state index in [2.05, 4.69) is 57.0 Å². The van der Waals surface area contributed by atoms with Gasteiger partial charge in [-0.25, -0.2) is 19.6 Å². The summed E-state index contributed by atoms with van der Waals surface area (Å²) in [6, 6.07) is 11.8. The lowest BCUT2D eigenvalue weighted by atomic mass is 9.82. The maximum absolute atomic E-state index is 14.3. The van der Waals surface area contributed by atoms with E-state index in [4.69, 9.17) is 19.4 Å². The summed E-state index contributed by atoms with van der Waals surface area (Å²) >= 11 is 0. The molecule has 4 N–H and O–H groups in total. The zero-order valence-electron chi connectivity index (χ0n) is 39.4. The van der Waals surface area contributed by atoms with E-state index in [9.17, 15) is 19.2 Å². The maximum Gasteiger partial charge on any atom is 0.407 e. The van der Waals surface area contributed by atoms with E-state index < -0.39 is 24.3 Å². The van der Waals surface area contributed by atoms with Crippen molar-refractivity contribution in [1.29, 1.82) is 0 Å². The second kappa shape index (κ2) is 19.5. The molecule has 4 aliphatic carbocycles. The number of H-pyrrole nitrogens is 2. The average molecular weight is 913 g/mol. The molecule has 14 nitrogen and oxygen atoms in total. The fraction of sp³-hybridized carbons (Fsp3) is 0.585. The molecular weight excluding hydrogens is 845 g/mol. The van der Waals surface area contributed by atoms with Crippen LogP contribution in [0.2, 0.25) is 0 Å². The van der Waals surface area contributed by atoms with E-state index >= 15 is 0 Å². The molecule has 4 amide bonds. The van der Waals surface area contributed by atoms with Crippen molar-refractivity contribution >= 4 is 24.0 Å². The molecule has 6 aliphatic rings. The van der Waals surface area contributed by atoms with Gasteiger partial charge in [-0.15, -0.1) is 0 Å². The van der Waals surface area contributed by atoms with Crippen LogP contribution in [0.4, 0.5) is 9.59 Å². The number of aromatic amines is 2. The second-order valence-electron chi connectivity index (χ2n) is 20.5. The number of fused-ring (bicyclic) bond motifs is 1. The van der Waals surface area contributed by atoms with Gasteiger partial charge in [0, 0.05) is 18.7 Å². The van der Waals surface area contributed by atoms with Gasteiger partial charge in [0.15, 0.2) is 0 Å². The van der Waals surface area contributed by atoms with Crippen LogP contribution in [0, 0.1) is 17.3 Å². The molecule has 0 radical (unpaired) electrons. The van der Waals surface area contributed by atoms with Crippen LogP contribution >= 0.6 is 0 Å². The van der Waals surface area contributed by atoms with Crippen molar-refractivity contribution in [2.45, 2.75) is 153 Å². The van der Waals surface area contributed by atoms with Crippen LogP contribution in [0.5, 0.6) is 0 Å². The highest BCUT2D eigenvalue weighted by Crippen LogP contribution is 2.53. The van der Waals surface area contributed by atoms with Gasteiger partial charge in [0.05, 0.1) is 50.1 Å². The number of imidazole rings is 2. The number of nitrogens with zero attached hydrogens (tertiary/aromatic N) is 4. The number of nitrogens with one attached hydrogen (secondary N) is 4. The predicted octanol–water partition coefficient (Wildman–Crippen LogP) is 9.73. The Bertz CT molecular complexity index is 2430. The van der Waals surface area contributed by atoms with Crippen molar-refractivity contribution in [1.82, 2.24) is 40.4 Å². The molecule has 4 atom stereocenters. The number of ether oxygens (including phenoxy) is 2. The monoisotopic (exact) mass is 913 g/mol. The molecule has 2 saturated heterocycles. The third kappa shape index (κ3) is 9.09. The fourth-order valence-corrected chi connectivity index (χ4v) is 13.1. The Hall–Kier alpha value is -5.66. The van der Waals surface area contributed by atoms with E-state index in [0.717, 1.165) is 131 Å². The van der Waals surface area contributed by atoms with Crippen LogP contribution in [-0.2, 0) is 31.9 Å². The van der Waals surface area contributed by atoms with Gasteiger partial charge in [0.2, 0.25) is 11.8 Å². The minimum absolute atomic E-state index is 0.0355. The molecule has 67 heavy (non-hydrogen) atoms. The first kappa shape index (κ1) is 45.1. The average Bonchev–Trinajstić information content (AvgIpc) is 4.24. The van der Waals surface area contributed by atoms with Crippen LogP contribution in [0.1, 0.15) is 150 Å². The van der Waals surface area contributed by atoms with Crippen molar-refractivity contribution < 1.29 is 28.7 Å². The molecule has 0 unspecified atom stereocenters. The molecule has 4 heterocycles. The molecule has 356 valence electrons. The number of hydrogen-bond acceptors (Lipinski definition) is 8. The van der Waals surface area contributed by atoms with E-state index in [1.807, 2.05) is 22.2 Å². The first-order chi connectivity index (χ1) is 32.7. The summed E-state index contributed by atoms with van der Waals surface area (Å²) in [5.41, 5.74) is 9.67. The number of benzene rings is 2. The Morgan fingerprint density at radius 3 is 1.57 bits per heavy atom. The van der Waals surface area contributed by atoms with Crippen molar-refractivity contribution in [2.24, 2.45) is 17.3 Å². The van der Waals surface area contributed by atoms with Crippen molar-refractivity contribution in [3.8, 4) is 33.6 Å². The molecule has 4 aromatic rings. The minimum Gasteiger partial charge on any atom is -0.453 e. The van der Waals surface area contributed by atoms with Gasteiger partial charge in [0.1, 0.15) is 23.7 Å². The van der Waals surface area contributed by atoms with Crippen LogP contribution in [0.3, 0.4) is 0 Å². The summed E-state index contributed by atoms with van der Waals surface area (Å²) in [6.07, 6.45) is 23.5. The van der Waals surface area contributed by atoms with Crippen molar-refractivity contribution in [3.05, 3.63) is 71.6 Å². The minimum atomic E-state index is -0.602. The Kier molecular flexibility index (Phi) is 13.1. The highest BCUT2D eigenvalue weighted by molar-refractivity contribution is 5.87. The normalized spacial score (nSPS) is 22.7. The van der Waals surface area contributed by atoms with Crippen molar-refractivity contribution in [3.63, 3.8) is 0 Å². The summed E-state index contributed by atoms with van der Waals surface area (Å²) in [5.74, 6) is 1.69. The number of carbonyl (C=O) groups is 4. The van der Waals surface area contributed by atoms with Gasteiger partial charge >= 0.3 is 12.2 Å². The first-order valence-corrected chi connectivity index (χ1v) is 25.4. The van der Waals surface area contributed by atoms with Crippen LogP contribution in [0.25, 0.3) is 33.6 Å². The fourth-order valence-electron chi connectivity index (χ4n) is 13.1. The summed E-state index contributed by atoms with van der Waals surface area (Å²) < 4.78 is 9.91. The lowest BCUT2D eigenvalue weighted by Crippen LogP contribution is -2.52. The van der Waals surface area contributed by atoms with Crippen LogP contribution < -0.4 is 10.6 Å². The Morgan fingerprint density at radius 1 is 0.582 bits per heavy atom. The molecule has 2 aromatic heterocycles. The predicted molar refractivity (Wildman–Crippen MR) is 255 cm³/mol. The Balaban J connectivity index is 0.878. The third-order valence-electron chi connectivity index (χ3n) is 16.6. The quantitative estimate of drug-likeness (QED) is 0.115. The van der Waals surface area contributed by atoms with Gasteiger partial charge in [0.25, 0.3) is 0 Å². The van der Waals surface area contributed by atoms with E-state index in [0.29, 0.717) is 13.1 Å². The molecule has 2 aromatic carbocycles. The smallest absolute Gasteiger partial charge is 0.407 e. The van der Waals surface area contributed by atoms with Gasteiger partial charge in [-0.3, -0.25) is 9.59 Å². The second-order valence-corrected chi connectivity index (χ2v) is 20.5. The largest absolute Gasteiger partial charge is 0.453 e. The van der Waals surface area contributed by atoms with Crippen molar-refractivity contribution in [2.75, 3.05) is 27.3 Å². The number of likely N-dealkylation sites (tertiary alicyclic amines) is 2. The highest BCUT2D eigenvalue weighted by atomic mass is 16.5. The molecule has 1 spiro atoms. The molecule has 2 aliphatic heterocycles. The van der Waals surface area contributed by atoms with E-state index in [1.165, 1.54) is 67.7 Å². The van der Waals surface area contributed by atoms with Gasteiger partial charge in [-0.1, -0.05) is 87.8 Å². The first-order valence-electron chi connectivity index (χ1n) is 25.4. The number of alkyl carbamates (subject to hydrolysis) is 2. The summed E-state index contributed by atoms with van der Waals surface area (Å²) in [5, 5.41) is 5.82. The number of carbonyl (C=O) groups excluding carboxylic acids is 4. The number of rotatable bonds is 11. The third-order valence-corrected chi connectivity index (χ3v) is 16.6. The number of methoxy groups -OCH3 is 2. The molecule has 14 heteroatoms. The van der Waals surface area contributed by atoms with Gasteiger partial charge in [-0.2, -0.15) is 0 Å². The zero-order chi connectivity index (χ0) is 46.1.